The Balaban J connectivity index is 1.74. The third-order valence-electron chi connectivity index (χ3n) is 4.71. The average molecular weight is 402 g/mol. The van der Waals surface area contributed by atoms with Crippen molar-refractivity contribution in [2.45, 2.75) is 6.42 Å². The monoisotopic (exact) mass is 402 g/mol. The van der Waals surface area contributed by atoms with Gasteiger partial charge in [0.15, 0.2) is 0 Å². The number of fused-ring (bicyclic) bond motifs is 1. The highest BCUT2D eigenvalue weighted by atomic mass is 16.2. The number of hydrogen-bond donors (Lipinski definition) is 5. The summed E-state index contributed by atoms with van der Waals surface area (Å²) >= 11 is 0. The molecule has 0 radical (unpaired) electrons. The van der Waals surface area contributed by atoms with Gasteiger partial charge in [-0.25, -0.2) is 4.79 Å². The molecule has 7 N–H and O–H groups in total. The molecule has 0 spiro atoms. The van der Waals surface area contributed by atoms with Gasteiger partial charge in [-0.3, -0.25) is 14.6 Å². The molecule has 3 aromatic rings. The largest absolute Gasteiger partial charge is 0.366 e. The fourth-order valence-corrected chi connectivity index (χ4v) is 3.44. The summed E-state index contributed by atoms with van der Waals surface area (Å²) in [5.41, 5.74) is 15.1. The molecule has 0 aliphatic carbocycles. The van der Waals surface area contributed by atoms with Crippen LogP contribution in [0.15, 0.2) is 48.9 Å². The second-order valence-corrected chi connectivity index (χ2v) is 6.77. The number of primary amides is 2. The predicted molar refractivity (Wildman–Crippen MR) is 113 cm³/mol. The lowest BCUT2D eigenvalue weighted by Gasteiger charge is -2.05. The van der Waals surface area contributed by atoms with E-state index in [-0.39, 0.29) is 5.91 Å². The number of urea groups is 1. The molecule has 30 heavy (non-hydrogen) atoms. The van der Waals surface area contributed by atoms with E-state index in [1.165, 1.54) is 0 Å². The van der Waals surface area contributed by atoms with Crippen LogP contribution in [-0.2, 0) is 11.2 Å². The number of hydrogen-bond acceptors (Lipinski definition) is 4. The molecule has 1 aliphatic rings. The third-order valence-corrected chi connectivity index (χ3v) is 4.71. The first-order chi connectivity index (χ1) is 14.4. The van der Waals surface area contributed by atoms with Crippen LogP contribution in [0.5, 0.6) is 0 Å². The van der Waals surface area contributed by atoms with Crippen molar-refractivity contribution in [3.8, 4) is 0 Å². The molecule has 9 nitrogen and oxygen atoms in total. The number of benzene rings is 1. The third kappa shape index (κ3) is 3.63. The molecule has 9 heteroatoms. The lowest BCUT2D eigenvalue weighted by atomic mass is 10.0. The lowest BCUT2D eigenvalue weighted by Crippen LogP contribution is -2.19. The summed E-state index contributed by atoms with van der Waals surface area (Å²) in [4.78, 5) is 42.9. The molecule has 2 aromatic heterocycles. The first kappa shape index (κ1) is 18.9. The molecule has 1 aliphatic heterocycles. The van der Waals surface area contributed by atoms with E-state index in [1.807, 2.05) is 12.1 Å². The second kappa shape index (κ2) is 7.55. The zero-order valence-electron chi connectivity index (χ0n) is 15.7. The van der Waals surface area contributed by atoms with Crippen molar-refractivity contribution in [1.29, 1.82) is 0 Å². The Morgan fingerprint density at radius 1 is 1.20 bits per heavy atom. The molecule has 1 aromatic carbocycles. The number of nitrogens with zero attached hydrogens (tertiary/aromatic N) is 1. The second-order valence-electron chi connectivity index (χ2n) is 6.77. The normalized spacial score (nSPS) is 13.7. The fraction of sp³-hybridized carbons (Fsp3) is 0.0476. The number of anilines is 2. The Morgan fingerprint density at radius 3 is 2.73 bits per heavy atom. The quantitative estimate of drug-likeness (QED) is 0.414. The van der Waals surface area contributed by atoms with Crippen molar-refractivity contribution in [2.24, 2.45) is 11.5 Å². The van der Waals surface area contributed by atoms with Gasteiger partial charge in [0, 0.05) is 41.9 Å². The Morgan fingerprint density at radius 2 is 2.03 bits per heavy atom. The average Bonchev–Trinajstić information content (AvgIpc) is 3.23. The van der Waals surface area contributed by atoms with Crippen LogP contribution < -0.4 is 22.1 Å². The summed E-state index contributed by atoms with van der Waals surface area (Å²) in [6.07, 6.45) is 7.11. The van der Waals surface area contributed by atoms with E-state index in [0.29, 0.717) is 45.8 Å². The minimum absolute atomic E-state index is 0.305. The maximum atomic E-state index is 12.5. The Labute approximate surface area is 171 Å². The van der Waals surface area contributed by atoms with Gasteiger partial charge in [-0.2, -0.15) is 0 Å². The number of carbonyl (C=O) groups excluding carboxylic acids is 3. The number of aromatic nitrogens is 2. The van der Waals surface area contributed by atoms with Gasteiger partial charge < -0.3 is 27.1 Å². The number of nitrogens with two attached hydrogens (primary N) is 2. The fourth-order valence-electron chi connectivity index (χ4n) is 3.44. The molecule has 0 unspecified atom stereocenters. The van der Waals surface area contributed by atoms with Gasteiger partial charge in [-0.15, -0.1) is 0 Å². The van der Waals surface area contributed by atoms with Crippen molar-refractivity contribution >= 4 is 40.9 Å². The summed E-state index contributed by atoms with van der Waals surface area (Å²) in [5.74, 6) is -0.940. The van der Waals surface area contributed by atoms with Crippen molar-refractivity contribution in [3.05, 3.63) is 76.9 Å². The first-order valence-electron chi connectivity index (χ1n) is 9.05. The van der Waals surface area contributed by atoms with Crippen molar-refractivity contribution in [1.82, 2.24) is 9.97 Å². The van der Waals surface area contributed by atoms with Crippen molar-refractivity contribution < 1.29 is 14.4 Å². The summed E-state index contributed by atoms with van der Waals surface area (Å²) < 4.78 is 0. The van der Waals surface area contributed by atoms with Crippen LogP contribution in [0, 0.1) is 0 Å². The summed E-state index contributed by atoms with van der Waals surface area (Å²) in [6.45, 7) is 0. The van der Waals surface area contributed by atoms with E-state index in [4.69, 9.17) is 11.5 Å². The molecule has 4 amide bonds. The zero-order chi connectivity index (χ0) is 21.3. The summed E-state index contributed by atoms with van der Waals surface area (Å²) in [6, 6.07) is 7.92. The van der Waals surface area contributed by atoms with Gasteiger partial charge in [0.2, 0.25) is 0 Å². The highest BCUT2D eigenvalue weighted by molar-refractivity contribution is 6.35. The van der Waals surface area contributed by atoms with Gasteiger partial charge >= 0.3 is 6.03 Å². The van der Waals surface area contributed by atoms with E-state index in [1.54, 1.807) is 42.9 Å². The van der Waals surface area contributed by atoms with Crippen LogP contribution in [0.3, 0.4) is 0 Å². The number of carbonyl (C=O) groups is 3. The Bertz CT molecular complexity index is 1200. The SMILES string of the molecule is NC(=O)Nc1ccc2c(c1)C(=Cc1[nH]cc(Cc3cccnc3)c1C(N)=O)C(=O)N2. The smallest absolute Gasteiger partial charge is 0.316 e. The number of rotatable bonds is 5. The maximum absolute atomic E-state index is 12.5. The van der Waals surface area contributed by atoms with Gasteiger partial charge in [-0.1, -0.05) is 6.07 Å². The van der Waals surface area contributed by atoms with Gasteiger partial charge in [0.1, 0.15) is 0 Å². The van der Waals surface area contributed by atoms with Crippen LogP contribution in [0.1, 0.15) is 32.7 Å². The van der Waals surface area contributed by atoms with E-state index in [9.17, 15) is 14.4 Å². The predicted octanol–water partition coefficient (Wildman–Crippen LogP) is 2.08. The standard InChI is InChI=1S/C21H18N6O3/c22-19(28)18-12(6-11-2-1-5-24-9-11)10-25-17(18)8-15-14-7-13(26-21(23)30)3-4-16(14)27-20(15)29/h1-5,7-10,25H,6H2,(H2,22,28)(H,27,29)(H3,23,26,30). The van der Waals surface area contributed by atoms with Crippen LogP contribution in [0.2, 0.25) is 0 Å². The summed E-state index contributed by atoms with van der Waals surface area (Å²) in [5, 5.41) is 5.23. The van der Waals surface area contributed by atoms with Crippen LogP contribution >= 0.6 is 0 Å². The van der Waals surface area contributed by atoms with E-state index in [0.717, 1.165) is 5.56 Å². The molecule has 0 fully saturated rings. The van der Waals surface area contributed by atoms with Gasteiger partial charge in [0.05, 0.1) is 16.8 Å². The molecule has 0 bridgehead atoms. The summed E-state index contributed by atoms with van der Waals surface area (Å²) in [7, 11) is 0. The molecule has 0 saturated carbocycles. The lowest BCUT2D eigenvalue weighted by molar-refractivity contribution is -0.110. The molecule has 0 atom stereocenters. The van der Waals surface area contributed by atoms with Crippen molar-refractivity contribution in [3.63, 3.8) is 0 Å². The minimum atomic E-state index is -0.710. The van der Waals surface area contributed by atoms with E-state index in [2.05, 4.69) is 20.6 Å². The first-order valence-corrected chi connectivity index (χ1v) is 9.05. The molecule has 0 saturated heterocycles. The zero-order valence-corrected chi connectivity index (χ0v) is 15.7. The topological polar surface area (TPSA) is 156 Å². The molecule has 3 heterocycles. The molecule has 150 valence electrons. The van der Waals surface area contributed by atoms with E-state index >= 15 is 0 Å². The van der Waals surface area contributed by atoms with Crippen LogP contribution in [-0.4, -0.2) is 27.8 Å². The van der Waals surface area contributed by atoms with E-state index < -0.39 is 11.9 Å². The Hall–Kier alpha value is -4.40. The van der Waals surface area contributed by atoms with Crippen LogP contribution in [0.25, 0.3) is 11.6 Å². The maximum Gasteiger partial charge on any atom is 0.316 e. The number of pyridine rings is 1. The minimum Gasteiger partial charge on any atom is -0.366 e. The van der Waals surface area contributed by atoms with Crippen LogP contribution in [0.4, 0.5) is 16.2 Å². The number of amides is 4. The number of H-pyrrole nitrogens is 1. The van der Waals surface area contributed by atoms with Gasteiger partial charge in [-0.05, 0) is 41.5 Å². The molecular formula is C21H18N6O3. The molecule has 4 rings (SSSR count). The molecular weight excluding hydrogens is 384 g/mol. The highest BCUT2D eigenvalue weighted by Gasteiger charge is 2.26. The van der Waals surface area contributed by atoms with Crippen molar-refractivity contribution in [2.75, 3.05) is 10.6 Å². The number of aromatic amines is 1. The van der Waals surface area contributed by atoms with Gasteiger partial charge in [0.25, 0.3) is 11.8 Å². The highest BCUT2D eigenvalue weighted by Crippen LogP contribution is 2.35. The number of nitrogens with one attached hydrogen (secondary N) is 3. The Kier molecular flexibility index (Phi) is 4.77.